The third-order valence-electron chi connectivity index (χ3n) is 3.38. The standard InChI is InChI=1S/C15H23N3O3/c1-12-3-4-13(21-12)11-14(16-2)15(19)17-5-6-18-7-9-20-10-8-18/h3-4,11,16H,5-10H2,1-2H3,(H,17,19)/b14-11-. The molecule has 1 aromatic heterocycles. The van der Waals surface area contributed by atoms with Crippen LogP contribution in [0.15, 0.2) is 22.2 Å². The quantitative estimate of drug-likeness (QED) is 0.752. The number of carbonyl (C=O) groups is 1. The molecule has 6 heteroatoms. The number of carbonyl (C=O) groups excluding carboxylic acids is 1. The van der Waals surface area contributed by atoms with Crippen LogP contribution in [0.3, 0.4) is 0 Å². The van der Waals surface area contributed by atoms with Crippen LogP contribution in [0.5, 0.6) is 0 Å². The van der Waals surface area contributed by atoms with Gasteiger partial charge in [0.1, 0.15) is 17.2 Å². The van der Waals surface area contributed by atoms with Crippen molar-refractivity contribution in [3.63, 3.8) is 0 Å². The molecule has 1 aliphatic heterocycles. The van der Waals surface area contributed by atoms with Crippen molar-refractivity contribution >= 4 is 12.0 Å². The molecule has 0 aliphatic carbocycles. The summed E-state index contributed by atoms with van der Waals surface area (Å²) in [7, 11) is 1.73. The van der Waals surface area contributed by atoms with E-state index in [1.165, 1.54) is 0 Å². The highest BCUT2D eigenvalue weighted by atomic mass is 16.5. The van der Waals surface area contributed by atoms with Gasteiger partial charge in [-0.25, -0.2) is 0 Å². The van der Waals surface area contributed by atoms with Crippen molar-refractivity contribution in [2.45, 2.75) is 6.92 Å². The Kier molecular flexibility index (Phi) is 5.83. The summed E-state index contributed by atoms with van der Waals surface area (Å²) in [5.41, 5.74) is 0.492. The second-order valence-electron chi connectivity index (χ2n) is 4.97. The minimum atomic E-state index is -0.125. The number of furan rings is 1. The smallest absolute Gasteiger partial charge is 0.267 e. The van der Waals surface area contributed by atoms with Crippen molar-refractivity contribution in [2.75, 3.05) is 46.4 Å². The van der Waals surface area contributed by atoms with Crippen LogP contribution in [0.25, 0.3) is 6.08 Å². The third kappa shape index (κ3) is 4.91. The zero-order chi connectivity index (χ0) is 15.1. The summed E-state index contributed by atoms with van der Waals surface area (Å²) in [5, 5.41) is 5.82. The largest absolute Gasteiger partial charge is 0.462 e. The van der Waals surface area contributed by atoms with Crippen molar-refractivity contribution in [1.29, 1.82) is 0 Å². The molecule has 1 fully saturated rings. The van der Waals surface area contributed by atoms with E-state index in [-0.39, 0.29) is 5.91 Å². The predicted molar refractivity (Wildman–Crippen MR) is 80.8 cm³/mol. The summed E-state index contributed by atoms with van der Waals surface area (Å²) in [6.07, 6.45) is 1.71. The molecule has 6 nitrogen and oxygen atoms in total. The second-order valence-corrected chi connectivity index (χ2v) is 4.97. The first kappa shape index (κ1) is 15.6. The Balaban J connectivity index is 1.81. The first-order valence-corrected chi connectivity index (χ1v) is 7.23. The Morgan fingerprint density at radius 3 is 2.76 bits per heavy atom. The zero-order valence-electron chi connectivity index (χ0n) is 12.6. The molecule has 0 spiro atoms. The molecule has 0 atom stereocenters. The number of morpholine rings is 1. The fraction of sp³-hybridized carbons (Fsp3) is 0.533. The third-order valence-corrected chi connectivity index (χ3v) is 3.38. The van der Waals surface area contributed by atoms with Crippen LogP contribution in [0.1, 0.15) is 11.5 Å². The molecule has 0 radical (unpaired) electrons. The molecular formula is C15H23N3O3. The number of ether oxygens (including phenoxy) is 1. The van der Waals surface area contributed by atoms with Crippen LogP contribution in [0, 0.1) is 6.92 Å². The number of amides is 1. The number of nitrogens with zero attached hydrogens (tertiary/aromatic N) is 1. The van der Waals surface area contributed by atoms with Crippen molar-refractivity contribution in [3.8, 4) is 0 Å². The Morgan fingerprint density at radius 1 is 1.38 bits per heavy atom. The normalized spacial score (nSPS) is 16.8. The summed E-state index contributed by atoms with van der Waals surface area (Å²) < 4.78 is 10.7. The van der Waals surface area contributed by atoms with Crippen LogP contribution in [0.2, 0.25) is 0 Å². The molecule has 0 unspecified atom stereocenters. The van der Waals surface area contributed by atoms with E-state index in [2.05, 4.69) is 15.5 Å². The molecule has 2 rings (SSSR count). The number of aryl methyl sites for hydroxylation is 1. The molecule has 21 heavy (non-hydrogen) atoms. The van der Waals surface area contributed by atoms with Gasteiger partial charge in [-0.05, 0) is 19.1 Å². The minimum absolute atomic E-state index is 0.125. The summed E-state index contributed by atoms with van der Waals surface area (Å²) in [6, 6.07) is 3.71. The first-order valence-electron chi connectivity index (χ1n) is 7.23. The van der Waals surface area contributed by atoms with Gasteiger partial charge in [0.15, 0.2) is 0 Å². The number of likely N-dealkylation sites (N-methyl/N-ethyl adjacent to an activating group) is 1. The van der Waals surface area contributed by atoms with Gasteiger partial charge in [0, 0.05) is 39.3 Å². The first-order chi connectivity index (χ1) is 10.2. The number of rotatable bonds is 6. The summed E-state index contributed by atoms with van der Waals surface area (Å²) in [4.78, 5) is 14.4. The average molecular weight is 293 g/mol. The SMILES string of the molecule is CN/C(=C\c1ccc(C)o1)C(=O)NCCN1CCOCC1. The van der Waals surface area contributed by atoms with E-state index in [1.54, 1.807) is 13.1 Å². The highest BCUT2D eigenvalue weighted by Crippen LogP contribution is 2.10. The van der Waals surface area contributed by atoms with E-state index in [0.29, 0.717) is 18.0 Å². The molecule has 1 aliphatic rings. The monoisotopic (exact) mass is 293 g/mol. The summed E-state index contributed by atoms with van der Waals surface area (Å²) in [6.45, 7) is 6.73. The Bertz CT molecular complexity index is 490. The lowest BCUT2D eigenvalue weighted by Crippen LogP contribution is -2.42. The average Bonchev–Trinajstić information content (AvgIpc) is 2.91. The topological polar surface area (TPSA) is 66.7 Å². The molecule has 0 aromatic carbocycles. The van der Waals surface area contributed by atoms with E-state index >= 15 is 0 Å². The maximum atomic E-state index is 12.1. The molecule has 0 bridgehead atoms. The molecule has 1 saturated heterocycles. The summed E-state index contributed by atoms with van der Waals surface area (Å²) >= 11 is 0. The van der Waals surface area contributed by atoms with Gasteiger partial charge in [-0.2, -0.15) is 0 Å². The highest BCUT2D eigenvalue weighted by Gasteiger charge is 2.12. The van der Waals surface area contributed by atoms with Crippen LogP contribution < -0.4 is 10.6 Å². The van der Waals surface area contributed by atoms with Gasteiger partial charge in [0.25, 0.3) is 5.91 Å². The zero-order valence-corrected chi connectivity index (χ0v) is 12.6. The lowest BCUT2D eigenvalue weighted by atomic mass is 10.3. The van der Waals surface area contributed by atoms with Crippen LogP contribution in [-0.4, -0.2) is 57.2 Å². The second kappa shape index (κ2) is 7.85. The van der Waals surface area contributed by atoms with E-state index in [9.17, 15) is 4.79 Å². The van der Waals surface area contributed by atoms with E-state index in [0.717, 1.165) is 38.6 Å². The van der Waals surface area contributed by atoms with Gasteiger partial charge in [-0.3, -0.25) is 9.69 Å². The Hall–Kier alpha value is -1.79. The van der Waals surface area contributed by atoms with Crippen molar-refractivity contribution in [3.05, 3.63) is 29.4 Å². The van der Waals surface area contributed by atoms with Crippen molar-refractivity contribution in [2.24, 2.45) is 0 Å². The number of hydrogen-bond acceptors (Lipinski definition) is 5. The van der Waals surface area contributed by atoms with Gasteiger partial charge in [0.05, 0.1) is 13.2 Å². The van der Waals surface area contributed by atoms with Crippen LogP contribution in [0.4, 0.5) is 0 Å². The number of nitrogens with one attached hydrogen (secondary N) is 2. The summed E-state index contributed by atoms with van der Waals surface area (Å²) in [5.74, 6) is 1.37. The number of hydrogen-bond donors (Lipinski definition) is 2. The molecule has 0 saturated carbocycles. The van der Waals surface area contributed by atoms with E-state index < -0.39 is 0 Å². The molecule has 2 heterocycles. The van der Waals surface area contributed by atoms with Gasteiger partial charge >= 0.3 is 0 Å². The molecule has 1 amide bonds. The van der Waals surface area contributed by atoms with Gasteiger partial charge in [0.2, 0.25) is 0 Å². The molecule has 116 valence electrons. The molecular weight excluding hydrogens is 270 g/mol. The van der Waals surface area contributed by atoms with Crippen LogP contribution >= 0.6 is 0 Å². The maximum Gasteiger partial charge on any atom is 0.267 e. The van der Waals surface area contributed by atoms with Crippen molar-refractivity contribution in [1.82, 2.24) is 15.5 Å². The van der Waals surface area contributed by atoms with Gasteiger partial charge < -0.3 is 19.8 Å². The molecule has 2 N–H and O–H groups in total. The predicted octanol–water partition coefficient (Wildman–Crippen LogP) is 0.597. The minimum Gasteiger partial charge on any atom is -0.462 e. The lowest BCUT2D eigenvalue weighted by molar-refractivity contribution is -0.117. The Morgan fingerprint density at radius 2 is 2.14 bits per heavy atom. The van der Waals surface area contributed by atoms with E-state index in [1.807, 2.05) is 19.1 Å². The van der Waals surface area contributed by atoms with Crippen LogP contribution in [-0.2, 0) is 9.53 Å². The van der Waals surface area contributed by atoms with E-state index in [4.69, 9.17) is 9.15 Å². The van der Waals surface area contributed by atoms with Gasteiger partial charge in [-0.15, -0.1) is 0 Å². The van der Waals surface area contributed by atoms with Crippen molar-refractivity contribution < 1.29 is 13.9 Å². The fourth-order valence-corrected chi connectivity index (χ4v) is 2.17. The maximum absolute atomic E-state index is 12.1. The highest BCUT2D eigenvalue weighted by molar-refractivity contribution is 5.96. The Labute approximate surface area is 125 Å². The molecule has 1 aromatic rings. The fourth-order valence-electron chi connectivity index (χ4n) is 2.17. The van der Waals surface area contributed by atoms with Gasteiger partial charge in [-0.1, -0.05) is 0 Å². The lowest BCUT2D eigenvalue weighted by Gasteiger charge is -2.26.